The highest BCUT2D eigenvalue weighted by Gasteiger charge is 2.34. The smallest absolute Gasteiger partial charge is 0.337 e. The van der Waals surface area contributed by atoms with E-state index in [9.17, 15) is 9.90 Å². The molecule has 1 aliphatic heterocycles. The van der Waals surface area contributed by atoms with Gasteiger partial charge in [0.25, 0.3) is 0 Å². The van der Waals surface area contributed by atoms with Gasteiger partial charge in [-0.25, -0.2) is 4.79 Å². The van der Waals surface area contributed by atoms with Crippen molar-refractivity contribution in [3.05, 3.63) is 69.5 Å². The number of aromatic nitrogens is 2. The van der Waals surface area contributed by atoms with Gasteiger partial charge in [-0.3, -0.25) is 4.90 Å². The monoisotopic (exact) mass is 552 g/mol. The molecule has 198 valence electrons. The Morgan fingerprint density at radius 1 is 1.16 bits per heavy atom. The lowest BCUT2D eigenvalue weighted by Crippen LogP contribution is -2.52. The number of aryl methyl sites for hydroxylation is 1. The Labute approximate surface area is 231 Å². The molecule has 9 heteroatoms. The largest absolute Gasteiger partial charge is 0.478 e. The number of piperazine rings is 1. The summed E-state index contributed by atoms with van der Waals surface area (Å²) in [4.78, 5) is 16.5. The SMILES string of the molecule is C[C@H]1CN(CCc2c(-c3c(Cl)cccc3Cl)noc2C2CC2)CCN1c1ccc2c(C(=O)O)cn(C)c2c1. The molecule has 4 aromatic rings. The predicted molar refractivity (Wildman–Crippen MR) is 151 cm³/mol. The van der Waals surface area contributed by atoms with Crippen LogP contribution in [0.25, 0.3) is 22.2 Å². The molecule has 2 aliphatic rings. The van der Waals surface area contributed by atoms with E-state index in [1.807, 2.05) is 41.9 Å². The van der Waals surface area contributed by atoms with Crippen molar-refractivity contribution in [2.75, 3.05) is 31.1 Å². The second kappa shape index (κ2) is 9.95. The number of benzene rings is 2. The van der Waals surface area contributed by atoms with E-state index in [1.165, 1.54) is 0 Å². The van der Waals surface area contributed by atoms with E-state index in [0.29, 0.717) is 27.6 Å². The van der Waals surface area contributed by atoms with Crippen LogP contribution in [0.5, 0.6) is 0 Å². The van der Waals surface area contributed by atoms with Gasteiger partial charge in [0.15, 0.2) is 0 Å². The van der Waals surface area contributed by atoms with Crippen molar-refractivity contribution in [3.8, 4) is 11.3 Å². The number of anilines is 1. The van der Waals surface area contributed by atoms with Gasteiger partial charge in [0.1, 0.15) is 11.5 Å². The third-order valence-electron chi connectivity index (χ3n) is 7.89. The maximum absolute atomic E-state index is 11.6. The molecule has 3 heterocycles. The highest BCUT2D eigenvalue weighted by atomic mass is 35.5. The van der Waals surface area contributed by atoms with Crippen molar-refractivity contribution in [1.82, 2.24) is 14.6 Å². The number of hydrogen-bond donors (Lipinski definition) is 1. The van der Waals surface area contributed by atoms with Crippen LogP contribution in [-0.4, -0.2) is 57.9 Å². The molecule has 0 radical (unpaired) electrons. The van der Waals surface area contributed by atoms with E-state index >= 15 is 0 Å². The van der Waals surface area contributed by atoms with E-state index in [4.69, 9.17) is 27.7 Å². The van der Waals surface area contributed by atoms with Crippen molar-refractivity contribution in [1.29, 1.82) is 0 Å². The molecule has 0 unspecified atom stereocenters. The van der Waals surface area contributed by atoms with Crippen LogP contribution in [0.1, 0.15) is 47.4 Å². The number of carboxylic acid groups (broad SMARTS) is 1. The number of aromatic carboxylic acids is 1. The number of nitrogens with zero attached hydrogens (tertiary/aromatic N) is 4. The zero-order valence-corrected chi connectivity index (χ0v) is 23.0. The first-order valence-corrected chi connectivity index (χ1v) is 13.8. The van der Waals surface area contributed by atoms with Crippen LogP contribution in [0, 0.1) is 0 Å². The first-order valence-electron chi connectivity index (χ1n) is 13.1. The number of carbonyl (C=O) groups is 1. The van der Waals surface area contributed by atoms with Gasteiger partial charge >= 0.3 is 5.97 Å². The van der Waals surface area contributed by atoms with Crippen molar-refractivity contribution >= 4 is 45.8 Å². The minimum absolute atomic E-state index is 0.309. The van der Waals surface area contributed by atoms with Gasteiger partial charge in [-0.1, -0.05) is 34.4 Å². The zero-order valence-electron chi connectivity index (χ0n) is 21.5. The van der Waals surface area contributed by atoms with Gasteiger partial charge in [-0.05, 0) is 56.5 Å². The summed E-state index contributed by atoms with van der Waals surface area (Å²) >= 11 is 13.1. The summed E-state index contributed by atoms with van der Waals surface area (Å²) in [6, 6.07) is 11.9. The lowest BCUT2D eigenvalue weighted by molar-refractivity contribution is 0.0699. The molecule has 38 heavy (non-hydrogen) atoms. The van der Waals surface area contributed by atoms with Crippen LogP contribution in [0.2, 0.25) is 10.0 Å². The molecule has 0 bridgehead atoms. The summed E-state index contributed by atoms with van der Waals surface area (Å²) in [6.45, 7) is 5.89. The average molecular weight is 553 g/mol. The van der Waals surface area contributed by atoms with E-state index < -0.39 is 5.97 Å². The Balaban J connectivity index is 1.18. The molecular weight excluding hydrogens is 523 g/mol. The first-order chi connectivity index (χ1) is 18.3. The minimum Gasteiger partial charge on any atom is -0.478 e. The quantitative estimate of drug-likeness (QED) is 0.283. The molecule has 1 atom stereocenters. The summed E-state index contributed by atoms with van der Waals surface area (Å²) in [5.41, 5.74) is 5.03. The summed E-state index contributed by atoms with van der Waals surface area (Å²) in [7, 11) is 1.89. The third-order valence-corrected chi connectivity index (χ3v) is 8.52. The van der Waals surface area contributed by atoms with Gasteiger partial charge in [0.2, 0.25) is 0 Å². The normalized spacial score (nSPS) is 18.4. The maximum atomic E-state index is 11.6. The molecular formula is C29H30Cl2N4O3. The van der Waals surface area contributed by atoms with E-state index in [-0.39, 0.29) is 0 Å². The number of rotatable bonds is 7. The minimum atomic E-state index is -0.900. The van der Waals surface area contributed by atoms with Crippen LogP contribution in [0.15, 0.2) is 47.1 Å². The fraction of sp³-hybridized carbons (Fsp3) is 0.379. The summed E-state index contributed by atoms with van der Waals surface area (Å²) in [5.74, 6) is 0.527. The molecule has 2 aromatic carbocycles. The molecule has 0 amide bonds. The van der Waals surface area contributed by atoms with Crippen molar-refractivity contribution in [3.63, 3.8) is 0 Å². The van der Waals surface area contributed by atoms with Crippen LogP contribution in [0.4, 0.5) is 5.69 Å². The fourth-order valence-corrected chi connectivity index (χ4v) is 6.34. The van der Waals surface area contributed by atoms with Crippen LogP contribution < -0.4 is 4.90 Å². The number of carboxylic acids is 1. The van der Waals surface area contributed by atoms with Crippen LogP contribution >= 0.6 is 23.2 Å². The maximum Gasteiger partial charge on any atom is 0.337 e. The third kappa shape index (κ3) is 4.57. The highest BCUT2D eigenvalue weighted by molar-refractivity contribution is 6.39. The van der Waals surface area contributed by atoms with Gasteiger partial charge < -0.3 is 19.1 Å². The summed E-state index contributed by atoms with van der Waals surface area (Å²) < 4.78 is 7.74. The molecule has 0 spiro atoms. The number of halogens is 2. The molecule has 1 aliphatic carbocycles. The Morgan fingerprint density at radius 3 is 2.61 bits per heavy atom. The molecule has 1 N–H and O–H groups in total. The number of hydrogen-bond acceptors (Lipinski definition) is 5. The topological polar surface area (TPSA) is 74.7 Å². The molecule has 1 saturated heterocycles. The van der Waals surface area contributed by atoms with E-state index in [2.05, 4.69) is 27.9 Å². The van der Waals surface area contributed by atoms with E-state index in [0.717, 1.165) is 84.6 Å². The second-order valence-electron chi connectivity index (χ2n) is 10.5. The second-order valence-corrected chi connectivity index (χ2v) is 11.3. The van der Waals surface area contributed by atoms with Gasteiger partial charge in [0, 0.05) is 73.6 Å². The molecule has 7 nitrogen and oxygen atoms in total. The Bertz CT molecular complexity index is 1500. The van der Waals surface area contributed by atoms with Gasteiger partial charge in [0.05, 0.1) is 21.1 Å². The fourth-order valence-electron chi connectivity index (χ4n) is 5.76. The Hall–Kier alpha value is -3.00. The Morgan fingerprint density at radius 2 is 1.92 bits per heavy atom. The van der Waals surface area contributed by atoms with Crippen molar-refractivity contribution < 1.29 is 14.4 Å². The van der Waals surface area contributed by atoms with Crippen LogP contribution in [0.3, 0.4) is 0 Å². The van der Waals surface area contributed by atoms with Crippen molar-refractivity contribution in [2.45, 2.75) is 38.1 Å². The lowest BCUT2D eigenvalue weighted by Gasteiger charge is -2.41. The summed E-state index contributed by atoms with van der Waals surface area (Å²) in [5, 5.41) is 15.9. The molecule has 2 fully saturated rings. The van der Waals surface area contributed by atoms with Crippen LogP contribution in [-0.2, 0) is 13.5 Å². The van der Waals surface area contributed by atoms with Gasteiger partial charge in [-0.2, -0.15) is 0 Å². The van der Waals surface area contributed by atoms with Crippen molar-refractivity contribution in [2.24, 2.45) is 7.05 Å². The molecule has 6 rings (SSSR count). The predicted octanol–water partition coefficient (Wildman–Crippen LogP) is 6.47. The van der Waals surface area contributed by atoms with Gasteiger partial charge in [-0.15, -0.1) is 0 Å². The van der Waals surface area contributed by atoms with E-state index in [1.54, 1.807) is 6.20 Å². The first kappa shape index (κ1) is 25.3. The number of fused-ring (bicyclic) bond motifs is 1. The standard InChI is InChI=1S/C29H30Cl2N4O3/c1-17-15-34(12-13-35(17)19-8-9-20-22(29(36)37)16-33(2)25(20)14-19)11-10-21-27(32-38-28(21)18-6-7-18)26-23(30)4-3-5-24(26)31/h3-5,8-9,14,16-18H,6-7,10-13,15H2,1-2H3,(H,36,37)/t17-/m0/s1. The average Bonchev–Trinajstić information content (AvgIpc) is 3.57. The summed E-state index contributed by atoms with van der Waals surface area (Å²) in [6.07, 6.45) is 4.77. The zero-order chi connectivity index (χ0) is 26.6. The Kier molecular flexibility index (Phi) is 6.62. The molecule has 1 saturated carbocycles. The highest BCUT2D eigenvalue weighted by Crippen LogP contribution is 2.46. The lowest BCUT2D eigenvalue weighted by atomic mass is 10.0. The molecule has 2 aromatic heterocycles.